The van der Waals surface area contributed by atoms with Crippen molar-refractivity contribution in [2.24, 2.45) is 5.92 Å². The monoisotopic (exact) mass is 494 g/mol. The predicted octanol–water partition coefficient (Wildman–Crippen LogP) is 4.90. The van der Waals surface area contributed by atoms with Crippen molar-refractivity contribution < 1.29 is 18.0 Å². The molecule has 1 fully saturated rings. The Balaban J connectivity index is 1.19. The third-order valence-corrected chi connectivity index (χ3v) is 6.57. The van der Waals surface area contributed by atoms with E-state index in [-0.39, 0.29) is 23.5 Å². The van der Waals surface area contributed by atoms with Gasteiger partial charge in [0, 0.05) is 19.0 Å². The molecule has 1 atom stereocenters. The molecule has 5 rings (SSSR count). The third-order valence-electron chi connectivity index (χ3n) is 6.57. The summed E-state index contributed by atoms with van der Waals surface area (Å²) in [6.45, 7) is 2.99. The van der Waals surface area contributed by atoms with Crippen LogP contribution in [0.2, 0.25) is 0 Å². The van der Waals surface area contributed by atoms with Gasteiger partial charge in [0.25, 0.3) is 5.82 Å². The maximum Gasteiger partial charge on any atom is 0.453 e. The lowest BCUT2D eigenvalue weighted by molar-refractivity contribution is -0.146. The molecule has 1 N–H and O–H groups in total. The van der Waals surface area contributed by atoms with Gasteiger partial charge in [-0.3, -0.25) is 4.79 Å². The van der Waals surface area contributed by atoms with E-state index in [1.807, 2.05) is 42.2 Å². The molecule has 1 aliphatic rings. The average molecular weight is 495 g/mol. The molecular formula is C26H25F3N6O. The number of hydrogen-bond donors (Lipinski definition) is 1. The Bertz CT molecular complexity index is 1350. The van der Waals surface area contributed by atoms with Crippen LogP contribution in [0.5, 0.6) is 0 Å². The molecule has 7 nitrogen and oxygen atoms in total. The minimum absolute atomic E-state index is 0.0177. The SMILES string of the molecule is C[C@H](NC(=O)C1CCN(c2ccc3nnc(C(F)(F)F)n3n2)CC1)c1ccc(-c2ccccc2)cc1. The number of benzene rings is 2. The van der Waals surface area contributed by atoms with Crippen LogP contribution in [0.25, 0.3) is 16.8 Å². The number of carbonyl (C=O) groups excluding carboxylic acids is 1. The van der Waals surface area contributed by atoms with Gasteiger partial charge >= 0.3 is 6.18 Å². The first-order valence-electron chi connectivity index (χ1n) is 11.8. The summed E-state index contributed by atoms with van der Waals surface area (Å²) in [4.78, 5) is 14.8. The Labute approximate surface area is 206 Å². The van der Waals surface area contributed by atoms with Crippen LogP contribution in [-0.4, -0.2) is 38.8 Å². The third kappa shape index (κ3) is 4.89. The van der Waals surface area contributed by atoms with Crippen LogP contribution in [0.4, 0.5) is 19.0 Å². The molecule has 0 spiro atoms. The topological polar surface area (TPSA) is 75.4 Å². The van der Waals surface area contributed by atoms with Gasteiger partial charge in [-0.2, -0.15) is 17.7 Å². The Morgan fingerprint density at radius 2 is 1.61 bits per heavy atom. The number of piperidine rings is 1. The molecule has 0 saturated carbocycles. The van der Waals surface area contributed by atoms with E-state index in [0.29, 0.717) is 31.7 Å². The van der Waals surface area contributed by atoms with E-state index < -0.39 is 12.0 Å². The summed E-state index contributed by atoms with van der Waals surface area (Å²) in [5.41, 5.74) is 3.31. The van der Waals surface area contributed by atoms with Gasteiger partial charge < -0.3 is 10.2 Å². The van der Waals surface area contributed by atoms with Crippen molar-refractivity contribution in [3.8, 4) is 11.1 Å². The van der Waals surface area contributed by atoms with Crippen LogP contribution in [0.15, 0.2) is 66.7 Å². The molecule has 1 aliphatic heterocycles. The zero-order chi connectivity index (χ0) is 25.3. The molecule has 1 saturated heterocycles. The summed E-state index contributed by atoms with van der Waals surface area (Å²) in [5, 5.41) is 14.0. The Hall–Kier alpha value is -3.95. The molecule has 3 heterocycles. The summed E-state index contributed by atoms with van der Waals surface area (Å²) in [6, 6.07) is 21.2. The lowest BCUT2D eigenvalue weighted by atomic mass is 9.95. The van der Waals surface area contributed by atoms with Gasteiger partial charge in [0.2, 0.25) is 5.91 Å². The average Bonchev–Trinajstić information content (AvgIpc) is 3.33. The number of alkyl halides is 3. The quantitative estimate of drug-likeness (QED) is 0.427. The Morgan fingerprint density at radius 1 is 0.944 bits per heavy atom. The van der Waals surface area contributed by atoms with Crippen molar-refractivity contribution >= 4 is 17.4 Å². The van der Waals surface area contributed by atoms with Crippen LogP contribution in [0.1, 0.15) is 37.2 Å². The van der Waals surface area contributed by atoms with Crippen molar-refractivity contribution in [1.82, 2.24) is 25.1 Å². The second-order valence-corrected chi connectivity index (χ2v) is 8.96. The molecule has 2 aromatic carbocycles. The van der Waals surface area contributed by atoms with E-state index in [2.05, 4.69) is 44.9 Å². The van der Waals surface area contributed by atoms with E-state index in [1.165, 1.54) is 6.07 Å². The lowest BCUT2D eigenvalue weighted by Gasteiger charge is -2.32. The number of amides is 1. The van der Waals surface area contributed by atoms with Gasteiger partial charge in [-0.1, -0.05) is 54.6 Å². The molecule has 186 valence electrons. The molecule has 4 aromatic rings. The first kappa shape index (κ1) is 23.8. The molecule has 0 bridgehead atoms. The molecule has 36 heavy (non-hydrogen) atoms. The van der Waals surface area contributed by atoms with Gasteiger partial charge in [0.05, 0.1) is 6.04 Å². The largest absolute Gasteiger partial charge is 0.453 e. The molecule has 1 amide bonds. The minimum Gasteiger partial charge on any atom is -0.355 e. The second kappa shape index (κ2) is 9.60. The van der Waals surface area contributed by atoms with Crippen LogP contribution in [0, 0.1) is 5.92 Å². The highest BCUT2D eigenvalue weighted by Gasteiger charge is 2.38. The number of anilines is 1. The number of fused-ring (bicyclic) bond motifs is 1. The van der Waals surface area contributed by atoms with E-state index in [0.717, 1.165) is 21.2 Å². The summed E-state index contributed by atoms with van der Waals surface area (Å²) in [7, 11) is 0. The Kier molecular flexibility index (Phi) is 6.34. The van der Waals surface area contributed by atoms with E-state index in [9.17, 15) is 18.0 Å². The number of hydrogen-bond acceptors (Lipinski definition) is 5. The van der Waals surface area contributed by atoms with E-state index >= 15 is 0 Å². The zero-order valence-electron chi connectivity index (χ0n) is 19.6. The summed E-state index contributed by atoms with van der Waals surface area (Å²) >= 11 is 0. The normalized spacial score (nSPS) is 15.7. The van der Waals surface area contributed by atoms with Crippen LogP contribution >= 0.6 is 0 Å². The van der Waals surface area contributed by atoms with Crippen LogP contribution in [0.3, 0.4) is 0 Å². The highest BCUT2D eigenvalue weighted by atomic mass is 19.4. The smallest absolute Gasteiger partial charge is 0.355 e. The minimum atomic E-state index is -4.64. The second-order valence-electron chi connectivity index (χ2n) is 8.96. The molecule has 10 heteroatoms. The maximum absolute atomic E-state index is 13.2. The summed E-state index contributed by atoms with van der Waals surface area (Å²) in [5.74, 6) is -0.939. The van der Waals surface area contributed by atoms with Crippen LogP contribution < -0.4 is 10.2 Å². The van der Waals surface area contributed by atoms with Gasteiger partial charge in [-0.05, 0) is 48.6 Å². The van der Waals surface area contributed by atoms with Gasteiger partial charge in [-0.15, -0.1) is 15.3 Å². The van der Waals surface area contributed by atoms with Gasteiger partial charge in [0.1, 0.15) is 5.82 Å². The van der Waals surface area contributed by atoms with E-state index in [1.54, 1.807) is 6.07 Å². The lowest BCUT2D eigenvalue weighted by Crippen LogP contribution is -2.41. The van der Waals surface area contributed by atoms with Crippen molar-refractivity contribution in [3.63, 3.8) is 0 Å². The molecule has 2 aromatic heterocycles. The van der Waals surface area contributed by atoms with Gasteiger partial charge in [0.15, 0.2) is 5.65 Å². The number of aromatic nitrogens is 4. The molecule has 0 unspecified atom stereocenters. The molecular weight excluding hydrogens is 469 g/mol. The highest BCUT2D eigenvalue weighted by molar-refractivity contribution is 5.79. The van der Waals surface area contributed by atoms with Crippen molar-refractivity contribution in [1.29, 1.82) is 0 Å². The number of nitrogens with zero attached hydrogens (tertiary/aromatic N) is 5. The first-order valence-corrected chi connectivity index (χ1v) is 11.8. The fourth-order valence-corrected chi connectivity index (χ4v) is 4.50. The predicted molar refractivity (Wildman–Crippen MR) is 129 cm³/mol. The standard InChI is InChI=1S/C26H25F3N6O/c1-17(18-7-9-20(10-8-18)19-5-3-2-4-6-19)30-24(36)21-13-15-34(16-14-21)23-12-11-22-31-32-25(26(27,28)29)35(22)33-23/h2-12,17,21H,13-16H2,1H3,(H,30,36)/t17-/m0/s1. The number of rotatable bonds is 5. The number of carbonyl (C=O) groups is 1. The van der Waals surface area contributed by atoms with Crippen molar-refractivity contribution in [2.45, 2.75) is 32.0 Å². The van der Waals surface area contributed by atoms with Crippen LogP contribution in [-0.2, 0) is 11.0 Å². The summed E-state index contributed by atoms with van der Waals surface area (Å²) < 4.78 is 40.2. The number of nitrogens with one attached hydrogen (secondary N) is 1. The zero-order valence-corrected chi connectivity index (χ0v) is 19.6. The van der Waals surface area contributed by atoms with Crippen molar-refractivity contribution in [3.05, 3.63) is 78.1 Å². The summed E-state index contributed by atoms with van der Waals surface area (Å²) in [6.07, 6.45) is -3.48. The Morgan fingerprint density at radius 3 is 2.28 bits per heavy atom. The molecule has 0 aliphatic carbocycles. The van der Waals surface area contributed by atoms with Crippen molar-refractivity contribution in [2.75, 3.05) is 18.0 Å². The maximum atomic E-state index is 13.2. The molecule has 0 radical (unpaired) electrons. The number of halogens is 3. The first-order chi connectivity index (χ1) is 17.3. The van der Waals surface area contributed by atoms with Gasteiger partial charge in [-0.25, -0.2) is 0 Å². The van der Waals surface area contributed by atoms with E-state index in [4.69, 9.17) is 0 Å². The fraction of sp³-hybridized carbons (Fsp3) is 0.308. The highest BCUT2D eigenvalue weighted by Crippen LogP contribution is 2.29. The fourth-order valence-electron chi connectivity index (χ4n) is 4.50.